The van der Waals surface area contributed by atoms with E-state index in [0.717, 1.165) is 25.7 Å². The second-order valence-corrected chi connectivity index (χ2v) is 4.35. The average molecular weight is 251 g/mol. The molecular formula is C12H17N3O3. The van der Waals surface area contributed by atoms with Gasteiger partial charge in [-0.2, -0.15) is 5.26 Å². The van der Waals surface area contributed by atoms with E-state index in [2.05, 4.69) is 10.6 Å². The summed E-state index contributed by atoms with van der Waals surface area (Å²) in [6.07, 6.45) is 5.73. The van der Waals surface area contributed by atoms with Crippen molar-refractivity contribution in [2.45, 2.75) is 44.7 Å². The van der Waals surface area contributed by atoms with Crippen LogP contribution in [0.4, 0.5) is 0 Å². The summed E-state index contributed by atoms with van der Waals surface area (Å²) in [6.45, 7) is 1.35. The Labute approximate surface area is 106 Å². The van der Waals surface area contributed by atoms with E-state index in [0.29, 0.717) is 6.04 Å². The largest absolute Gasteiger partial charge is 0.480 e. The lowest BCUT2D eigenvalue weighted by Gasteiger charge is -2.11. The van der Waals surface area contributed by atoms with Crippen LogP contribution in [0, 0.1) is 11.3 Å². The number of carboxylic acids is 1. The van der Waals surface area contributed by atoms with Gasteiger partial charge in [-0.25, -0.2) is 0 Å². The summed E-state index contributed by atoms with van der Waals surface area (Å²) in [5, 5.41) is 22.8. The number of nitrogens with one attached hydrogen (secondary N) is 2. The third-order valence-electron chi connectivity index (χ3n) is 2.90. The summed E-state index contributed by atoms with van der Waals surface area (Å²) in [5.41, 5.74) is -0.102. The molecule has 1 aliphatic rings. The van der Waals surface area contributed by atoms with E-state index < -0.39 is 17.9 Å². The topological polar surface area (TPSA) is 102 Å². The van der Waals surface area contributed by atoms with E-state index in [-0.39, 0.29) is 5.57 Å². The van der Waals surface area contributed by atoms with Crippen molar-refractivity contribution in [1.82, 2.24) is 10.6 Å². The normalized spacial score (nSPS) is 17.9. The molecule has 0 aromatic rings. The molecular weight excluding hydrogens is 234 g/mol. The van der Waals surface area contributed by atoms with Crippen molar-refractivity contribution in [3.8, 4) is 6.07 Å². The van der Waals surface area contributed by atoms with E-state index in [9.17, 15) is 9.59 Å². The summed E-state index contributed by atoms with van der Waals surface area (Å²) < 4.78 is 0. The van der Waals surface area contributed by atoms with Crippen LogP contribution in [0.1, 0.15) is 32.6 Å². The highest BCUT2D eigenvalue weighted by Gasteiger charge is 2.18. The van der Waals surface area contributed by atoms with Gasteiger partial charge in [-0.15, -0.1) is 0 Å². The van der Waals surface area contributed by atoms with Gasteiger partial charge in [-0.3, -0.25) is 9.59 Å². The van der Waals surface area contributed by atoms with Crippen molar-refractivity contribution >= 4 is 11.9 Å². The van der Waals surface area contributed by atoms with E-state index in [1.165, 1.54) is 13.1 Å². The van der Waals surface area contributed by atoms with E-state index in [4.69, 9.17) is 10.4 Å². The minimum absolute atomic E-state index is 0.102. The zero-order valence-corrected chi connectivity index (χ0v) is 10.3. The Hall–Kier alpha value is -2.03. The lowest BCUT2D eigenvalue weighted by Crippen LogP contribution is -2.39. The molecule has 1 unspecified atom stereocenters. The maximum Gasteiger partial charge on any atom is 0.325 e. The van der Waals surface area contributed by atoms with E-state index >= 15 is 0 Å². The predicted molar refractivity (Wildman–Crippen MR) is 64.3 cm³/mol. The number of rotatable bonds is 5. The highest BCUT2D eigenvalue weighted by molar-refractivity contribution is 5.99. The number of aliphatic carboxylic acids is 1. The molecule has 1 fully saturated rings. The highest BCUT2D eigenvalue weighted by atomic mass is 16.4. The molecule has 0 spiro atoms. The minimum Gasteiger partial charge on any atom is -0.480 e. The fourth-order valence-electron chi connectivity index (χ4n) is 1.78. The predicted octanol–water partition coefficient (Wildman–Crippen LogP) is 0.515. The monoisotopic (exact) mass is 251 g/mol. The standard InChI is InChI=1S/C12H17N3O3/c1-8(12(17)18)15-11(16)9(6-13)7-14-10-4-2-3-5-10/h7-8,10,14H,2-5H2,1H3,(H,15,16)(H,17,18)/b9-7-. The van der Waals surface area contributed by atoms with Crippen LogP contribution in [-0.2, 0) is 9.59 Å². The van der Waals surface area contributed by atoms with Gasteiger partial charge in [-0.05, 0) is 19.8 Å². The zero-order chi connectivity index (χ0) is 13.5. The number of nitrogens with zero attached hydrogens (tertiary/aromatic N) is 1. The third kappa shape index (κ3) is 4.09. The first kappa shape index (κ1) is 14.0. The van der Waals surface area contributed by atoms with Crippen LogP contribution in [0.5, 0.6) is 0 Å². The number of carbonyl (C=O) groups excluding carboxylic acids is 1. The molecule has 0 heterocycles. The second kappa shape index (κ2) is 6.64. The lowest BCUT2D eigenvalue weighted by atomic mass is 10.2. The Morgan fingerprint density at radius 2 is 2.06 bits per heavy atom. The zero-order valence-electron chi connectivity index (χ0n) is 10.3. The van der Waals surface area contributed by atoms with Gasteiger partial charge in [0.2, 0.25) is 0 Å². The van der Waals surface area contributed by atoms with Gasteiger partial charge < -0.3 is 15.7 Å². The van der Waals surface area contributed by atoms with Crippen molar-refractivity contribution in [2.75, 3.05) is 0 Å². The van der Waals surface area contributed by atoms with Gasteiger partial charge in [0, 0.05) is 12.2 Å². The van der Waals surface area contributed by atoms with Crippen molar-refractivity contribution in [2.24, 2.45) is 0 Å². The Bertz CT molecular complexity index is 392. The first-order valence-corrected chi connectivity index (χ1v) is 5.94. The first-order valence-electron chi connectivity index (χ1n) is 5.94. The average Bonchev–Trinajstić information content (AvgIpc) is 2.82. The summed E-state index contributed by atoms with van der Waals surface area (Å²) in [4.78, 5) is 22.2. The Kier molecular flexibility index (Phi) is 5.18. The van der Waals surface area contributed by atoms with Crippen LogP contribution in [0.15, 0.2) is 11.8 Å². The maximum atomic E-state index is 11.6. The Balaban J connectivity index is 2.53. The molecule has 98 valence electrons. The van der Waals surface area contributed by atoms with Crippen molar-refractivity contribution in [1.29, 1.82) is 5.26 Å². The SMILES string of the molecule is CC(NC(=O)/C(C#N)=C\NC1CCCC1)C(=O)O. The van der Waals surface area contributed by atoms with E-state index in [1.54, 1.807) is 6.07 Å². The number of hydrogen-bond acceptors (Lipinski definition) is 4. The molecule has 0 aliphatic heterocycles. The quantitative estimate of drug-likeness (QED) is 0.488. The van der Waals surface area contributed by atoms with Gasteiger partial charge in [0.05, 0.1) is 0 Å². The summed E-state index contributed by atoms with van der Waals surface area (Å²) in [5.74, 6) is -1.80. The third-order valence-corrected chi connectivity index (χ3v) is 2.90. The maximum absolute atomic E-state index is 11.6. The van der Waals surface area contributed by atoms with E-state index in [1.807, 2.05) is 0 Å². The highest BCUT2D eigenvalue weighted by Crippen LogP contribution is 2.17. The van der Waals surface area contributed by atoms with Gasteiger partial charge in [0.1, 0.15) is 17.7 Å². The molecule has 1 saturated carbocycles. The Morgan fingerprint density at radius 1 is 1.44 bits per heavy atom. The number of nitriles is 1. The molecule has 1 aliphatic carbocycles. The number of amides is 1. The lowest BCUT2D eigenvalue weighted by molar-refractivity contribution is -0.140. The van der Waals surface area contributed by atoms with Gasteiger partial charge in [-0.1, -0.05) is 12.8 Å². The molecule has 0 saturated heterocycles. The van der Waals surface area contributed by atoms with Gasteiger partial charge >= 0.3 is 5.97 Å². The molecule has 1 amide bonds. The van der Waals surface area contributed by atoms with Gasteiger partial charge in [0.15, 0.2) is 0 Å². The van der Waals surface area contributed by atoms with Crippen molar-refractivity contribution in [3.05, 3.63) is 11.8 Å². The van der Waals surface area contributed by atoms with Crippen LogP contribution < -0.4 is 10.6 Å². The molecule has 3 N–H and O–H groups in total. The molecule has 18 heavy (non-hydrogen) atoms. The number of carboxylic acid groups (broad SMARTS) is 1. The molecule has 6 heteroatoms. The molecule has 0 bridgehead atoms. The van der Waals surface area contributed by atoms with Crippen LogP contribution in [0.2, 0.25) is 0 Å². The van der Waals surface area contributed by atoms with Crippen molar-refractivity contribution < 1.29 is 14.7 Å². The molecule has 0 aromatic carbocycles. The molecule has 1 atom stereocenters. The first-order chi connectivity index (χ1) is 8.54. The van der Waals surface area contributed by atoms with Crippen LogP contribution in [0.25, 0.3) is 0 Å². The fraction of sp³-hybridized carbons (Fsp3) is 0.583. The summed E-state index contributed by atoms with van der Waals surface area (Å²) >= 11 is 0. The smallest absolute Gasteiger partial charge is 0.325 e. The minimum atomic E-state index is -1.13. The second-order valence-electron chi connectivity index (χ2n) is 4.35. The molecule has 0 radical (unpaired) electrons. The van der Waals surface area contributed by atoms with Crippen LogP contribution in [-0.4, -0.2) is 29.1 Å². The Morgan fingerprint density at radius 3 is 2.56 bits per heavy atom. The molecule has 1 rings (SSSR count). The summed E-state index contributed by atoms with van der Waals surface area (Å²) in [7, 11) is 0. The molecule has 0 aromatic heterocycles. The fourth-order valence-corrected chi connectivity index (χ4v) is 1.78. The van der Waals surface area contributed by atoms with Gasteiger partial charge in [0.25, 0.3) is 5.91 Å². The molecule has 6 nitrogen and oxygen atoms in total. The van der Waals surface area contributed by atoms with Crippen LogP contribution >= 0.6 is 0 Å². The number of carbonyl (C=O) groups is 2. The summed E-state index contributed by atoms with van der Waals surface area (Å²) in [6, 6.07) is 1.05. The van der Waals surface area contributed by atoms with Crippen LogP contribution in [0.3, 0.4) is 0 Å². The number of hydrogen-bond donors (Lipinski definition) is 3. The van der Waals surface area contributed by atoms with Crippen molar-refractivity contribution in [3.63, 3.8) is 0 Å².